The molecule has 0 bridgehead atoms. The Kier molecular flexibility index (Phi) is 3.42. The number of ketones is 1. The third-order valence-electron chi connectivity index (χ3n) is 4.16. The molecule has 3 rings (SSSR count). The van der Waals surface area contributed by atoms with Crippen molar-refractivity contribution < 1.29 is 40.5 Å². The summed E-state index contributed by atoms with van der Waals surface area (Å²) in [5.41, 5.74) is -0.501. The molecule has 0 spiro atoms. The zero-order valence-electron chi connectivity index (χ0n) is 12.1. The Morgan fingerprint density at radius 2 is 0.917 bits per heavy atom. The van der Waals surface area contributed by atoms with E-state index in [9.17, 15) is 40.5 Å². The zero-order chi connectivity index (χ0) is 17.8. The van der Waals surface area contributed by atoms with Crippen LogP contribution >= 0.6 is 0 Å². The second-order valence-electron chi connectivity index (χ2n) is 5.64. The average molecular weight is 334 g/mol. The van der Waals surface area contributed by atoms with Crippen molar-refractivity contribution in [2.24, 2.45) is 0 Å². The Morgan fingerprint density at radius 1 is 0.625 bits per heavy atom. The molecule has 1 aliphatic carbocycles. The number of hydrogen-bond donors (Lipinski definition) is 7. The van der Waals surface area contributed by atoms with Gasteiger partial charge in [-0.2, -0.15) is 0 Å². The van der Waals surface area contributed by atoms with E-state index in [0.29, 0.717) is 0 Å². The summed E-state index contributed by atoms with van der Waals surface area (Å²) in [7, 11) is 0. The summed E-state index contributed by atoms with van der Waals surface area (Å²) in [5.74, 6) is -6.34. The molecule has 7 N–H and O–H groups in total. The standard InChI is InChI=1S/C16H14O8/c17-5-1-7(19)11(8(20)2-5)13-15(23)14(16(13)24)12-9(21)3-6(18)4-10(12)22/h1-4,13-15,17-23H. The lowest BCUT2D eigenvalue weighted by molar-refractivity contribution is -0.138. The van der Waals surface area contributed by atoms with Gasteiger partial charge >= 0.3 is 0 Å². The third kappa shape index (κ3) is 2.16. The second kappa shape index (κ2) is 5.20. The van der Waals surface area contributed by atoms with Gasteiger partial charge in [0.25, 0.3) is 0 Å². The number of aromatic hydroxyl groups is 6. The molecule has 0 saturated heterocycles. The molecule has 8 heteroatoms. The van der Waals surface area contributed by atoms with Crippen LogP contribution in [0.4, 0.5) is 0 Å². The highest BCUT2D eigenvalue weighted by Crippen LogP contribution is 2.53. The summed E-state index contributed by atoms with van der Waals surface area (Å²) < 4.78 is 0. The molecule has 1 fully saturated rings. The van der Waals surface area contributed by atoms with Crippen LogP contribution in [0.3, 0.4) is 0 Å². The topological polar surface area (TPSA) is 159 Å². The van der Waals surface area contributed by atoms with E-state index >= 15 is 0 Å². The number of hydrogen-bond acceptors (Lipinski definition) is 8. The van der Waals surface area contributed by atoms with Crippen molar-refractivity contribution in [1.82, 2.24) is 0 Å². The van der Waals surface area contributed by atoms with Crippen LogP contribution in [0.5, 0.6) is 34.5 Å². The molecule has 0 amide bonds. The van der Waals surface area contributed by atoms with Gasteiger partial charge in [0, 0.05) is 35.4 Å². The van der Waals surface area contributed by atoms with Crippen LogP contribution in [0.2, 0.25) is 0 Å². The van der Waals surface area contributed by atoms with Crippen LogP contribution in [0.25, 0.3) is 0 Å². The summed E-state index contributed by atoms with van der Waals surface area (Å²) in [5, 5.41) is 68.2. The highest BCUT2D eigenvalue weighted by molar-refractivity contribution is 6.01. The van der Waals surface area contributed by atoms with E-state index in [1.165, 1.54) is 0 Å². The predicted molar refractivity (Wildman–Crippen MR) is 79.4 cm³/mol. The fraction of sp³-hybridized carbons (Fsp3) is 0.188. The SMILES string of the molecule is O=C1C(c2c(O)cc(O)cc2O)C(O)C1c1c(O)cc(O)cc1O. The summed E-state index contributed by atoms with van der Waals surface area (Å²) in [6.07, 6.45) is -1.44. The zero-order valence-corrected chi connectivity index (χ0v) is 12.1. The predicted octanol–water partition coefficient (Wildman–Crippen LogP) is 0.731. The first-order chi connectivity index (χ1) is 11.2. The molecular weight excluding hydrogens is 320 g/mol. The Bertz CT molecular complexity index is 730. The molecular formula is C16H14O8. The van der Waals surface area contributed by atoms with Gasteiger partial charge in [-0.3, -0.25) is 4.79 Å². The summed E-state index contributed by atoms with van der Waals surface area (Å²) in [6.45, 7) is 0. The largest absolute Gasteiger partial charge is 0.508 e. The van der Waals surface area contributed by atoms with Gasteiger partial charge in [-0.25, -0.2) is 0 Å². The molecule has 126 valence electrons. The van der Waals surface area contributed by atoms with Gasteiger partial charge < -0.3 is 35.7 Å². The lowest BCUT2D eigenvalue weighted by Crippen LogP contribution is -2.48. The van der Waals surface area contributed by atoms with Crippen LogP contribution in [-0.2, 0) is 4.79 Å². The molecule has 2 aromatic carbocycles. The molecule has 2 atom stereocenters. The van der Waals surface area contributed by atoms with E-state index < -0.39 is 58.2 Å². The van der Waals surface area contributed by atoms with Gasteiger partial charge in [0.15, 0.2) is 5.78 Å². The Balaban J connectivity index is 2.01. The molecule has 1 saturated carbocycles. The number of phenolic OH excluding ortho intramolecular Hbond substituents is 6. The Morgan fingerprint density at radius 3 is 1.17 bits per heavy atom. The van der Waals surface area contributed by atoms with E-state index in [4.69, 9.17) is 0 Å². The lowest BCUT2D eigenvalue weighted by atomic mass is 9.64. The van der Waals surface area contributed by atoms with Gasteiger partial charge in [0.05, 0.1) is 17.9 Å². The summed E-state index contributed by atoms with van der Waals surface area (Å²) >= 11 is 0. The number of carbonyl (C=O) groups excluding carboxylic acids is 1. The number of aliphatic hydroxyl groups is 1. The highest BCUT2D eigenvalue weighted by Gasteiger charge is 2.54. The van der Waals surface area contributed by atoms with Crippen molar-refractivity contribution >= 4 is 5.78 Å². The summed E-state index contributed by atoms with van der Waals surface area (Å²) in [4.78, 5) is 12.4. The number of aliphatic hydroxyl groups excluding tert-OH is 1. The van der Waals surface area contributed by atoms with E-state index in [1.807, 2.05) is 0 Å². The number of rotatable bonds is 2. The van der Waals surface area contributed by atoms with Crippen molar-refractivity contribution in [3.8, 4) is 34.5 Å². The van der Waals surface area contributed by atoms with Crippen molar-refractivity contribution in [3.63, 3.8) is 0 Å². The van der Waals surface area contributed by atoms with E-state index in [1.54, 1.807) is 0 Å². The van der Waals surface area contributed by atoms with E-state index in [0.717, 1.165) is 24.3 Å². The normalized spacial score (nSPS) is 23.0. The molecule has 0 radical (unpaired) electrons. The van der Waals surface area contributed by atoms with E-state index in [2.05, 4.69) is 0 Å². The highest BCUT2D eigenvalue weighted by atomic mass is 16.3. The van der Waals surface area contributed by atoms with Crippen molar-refractivity contribution in [2.45, 2.75) is 17.9 Å². The number of benzene rings is 2. The van der Waals surface area contributed by atoms with Crippen LogP contribution < -0.4 is 0 Å². The number of phenols is 6. The minimum Gasteiger partial charge on any atom is -0.508 e. The first-order valence-electron chi connectivity index (χ1n) is 6.93. The second-order valence-corrected chi connectivity index (χ2v) is 5.64. The third-order valence-corrected chi connectivity index (χ3v) is 4.16. The van der Waals surface area contributed by atoms with Gasteiger partial charge in [0.2, 0.25) is 0 Å². The maximum absolute atomic E-state index is 12.4. The lowest BCUT2D eigenvalue weighted by Gasteiger charge is -2.40. The molecule has 0 aromatic heterocycles. The molecule has 8 nitrogen and oxygen atoms in total. The molecule has 2 aromatic rings. The van der Waals surface area contributed by atoms with Crippen molar-refractivity contribution in [1.29, 1.82) is 0 Å². The summed E-state index contributed by atoms with van der Waals surface area (Å²) in [6, 6.07) is 3.66. The van der Waals surface area contributed by atoms with Crippen molar-refractivity contribution in [2.75, 3.05) is 0 Å². The smallest absolute Gasteiger partial charge is 0.153 e. The van der Waals surface area contributed by atoms with Crippen LogP contribution in [0.15, 0.2) is 24.3 Å². The van der Waals surface area contributed by atoms with Crippen LogP contribution in [0.1, 0.15) is 23.0 Å². The monoisotopic (exact) mass is 334 g/mol. The fourth-order valence-corrected chi connectivity index (χ4v) is 3.08. The molecule has 0 heterocycles. The molecule has 0 aliphatic heterocycles. The van der Waals surface area contributed by atoms with Crippen molar-refractivity contribution in [3.05, 3.63) is 35.4 Å². The van der Waals surface area contributed by atoms with Gasteiger partial charge in [-0.1, -0.05) is 0 Å². The quantitative estimate of drug-likeness (QED) is 0.423. The Labute approximate surface area is 135 Å². The minimum absolute atomic E-state index is 0.251. The first kappa shape index (κ1) is 15.8. The fourth-order valence-electron chi connectivity index (χ4n) is 3.08. The van der Waals surface area contributed by atoms with Gasteiger partial charge in [-0.15, -0.1) is 0 Å². The number of carbonyl (C=O) groups is 1. The first-order valence-corrected chi connectivity index (χ1v) is 6.93. The van der Waals surface area contributed by atoms with Gasteiger partial charge in [-0.05, 0) is 0 Å². The van der Waals surface area contributed by atoms with E-state index in [-0.39, 0.29) is 11.1 Å². The minimum atomic E-state index is -1.44. The average Bonchev–Trinajstić information content (AvgIpc) is 2.46. The Hall–Kier alpha value is -3.13. The molecule has 1 aliphatic rings. The number of Topliss-reactive ketones (excluding diaryl/α,β-unsaturated/α-hetero) is 1. The molecule has 24 heavy (non-hydrogen) atoms. The maximum Gasteiger partial charge on any atom is 0.153 e. The van der Waals surface area contributed by atoms with Crippen LogP contribution in [0, 0.1) is 0 Å². The van der Waals surface area contributed by atoms with Gasteiger partial charge in [0.1, 0.15) is 34.5 Å². The van der Waals surface area contributed by atoms with Crippen LogP contribution in [-0.4, -0.2) is 47.6 Å². The molecule has 2 unspecified atom stereocenters. The maximum atomic E-state index is 12.4.